The third-order valence-electron chi connectivity index (χ3n) is 3.16. The zero-order valence-electron chi connectivity index (χ0n) is 12.0. The first-order valence-electron chi connectivity index (χ1n) is 6.40. The molecule has 0 amide bonds. The van der Waals surface area contributed by atoms with E-state index < -0.39 is 9.84 Å². The minimum Gasteiger partial charge on any atom is -0.369 e. The van der Waals surface area contributed by atoms with Crippen LogP contribution < -0.4 is 5.73 Å². The van der Waals surface area contributed by atoms with E-state index in [2.05, 4.69) is 9.88 Å². The predicted octanol–water partition coefficient (Wildman–Crippen LogP) is 0.974. The summed E-state index contributed by atoms with van der Waals surface area (Å²) >= 11 is 0. The summed E-state index contributed by atoms with van der Waals surface area (Å²) in [5.41, 5.74) is 7.15. The number of aromatic nitrogens is 2. The van der Waals surface area contributed by atoms with Crippen LogP contribution in [-0.2, 0) is 16.4 Å². The van der Waals surface area contributed by atoms with Gasteiger partial charge in [0.1, 0.15) is 5.52 Å². The van der Waals surface area contributed by atoms with E-state index in [4.69, 9.17) is 5.73 Å². The second kappa shape index (κ2) is 5.41. The number of imidazole rings is 1. The number of hydrogen-bond donors (Lipinski definition) is 1. The number of aryl methyl sites for hydroxylation is 1. The largest absolute Gasteiger partial charge is 0.369 e. The molecule has 2 rings (SSSR count). The highest BCUT2D eigenvalue weighted by atomic mass is 32.2. The summed E-state index contributed by atoms with van der Waals surface area (Å²) < 4.78 is 25.4. The average Bonchev–Trinajstić information content (AvgIpc) is 2.64. The first-order chi connectivity index (χ1) is 9.30. The monoisotopic (exact) mass is 296 g/mol. The number of rotatable bonds is 5. The summed E-state index contributed by atoms with van der Waals surface area (Å²) in [6.45, 7) is 1.65. The first-order valence-corrected chi connectivity index (χ1v) is 8.29. The molecule has 0 saturated heterocycles. The molecular formula is C13H20N4O2S. The van der Waals surface area contributed by atoms with E-state index in [-0.39, 0.29) is 4.90 Å². The van der Waals surface area contributed by atoms with E-state index in [1.54, 1.807) is 12.1 Å². The number of sulfone groups is 1. The summed E-state index contributed by atoms with van der Waals surface area (Å²) in [4.78, 5) is 6.55. The fourth-order valence-corrected chi connectivity index (χ4v) is 3.05. The Morgan fingerprint density at radius 3 is 2.65 bits per heavy atom. The molecule has 20 heavy (non-hydrogen) atoms. The van der Waals surface area contributed by atoms with Gasteiger partial charge < -0.3 is 15.2 Å². The minimum atomic E-state index is -3.31. The maximum atomic E-state index is 11.8. The van der Waals surface area contributed by atoms with Crippen molar-refractivity contribution in [2.45, 2.75) is 17.9 Å². The Bertz CT molecular complexity index is 719. The van der Waals surface area contributed by atoms with Gasteiger partial charge in [-0.15, -0.1) is 0 Å². The van der Waals surface area contributed by atoms with Gasteiger partial charge in [-0.25, -0.2) is 13.4 Å². The number of para-hydroxylation sites is 1. The lowest BCUT2D eigenvalue weighted by Gasteiger charge is -2.11. The van der Waals surface area contributed by atoms with Crippen LogP contribution in [0.4, 0.5) is 5.95 Å². The van der Waals surface area contributed by atoms with Gasteiger partial charge in [-0.3, -0.25) is 0 Å². The Hall–Kier alpha value is -1.60. The van der Waals surface area contributed by atoms with Crippen molar-refractivity contribution in [1.29, 1.82) is 0 Å². The van der Waals surface area contributed by atoms with Crippen LogP contribution in [-0.4, -0.2) is 49.8 Å². The smallest absolute Gasteiger partial charge is 0.201 e. The fraction of sp³-hybridized carbons (Fsp3) is 0.462. The van der Waals surface area contributed by atoms with Gasteiger partial charge >= 0.3 is 0 Å². The van der Waals surface area contributed by atoms with Crippen molar-refractivity contribution < 1.29 is 8.42 Å². The van der Waals surface area contributed by atoms with E-state index in [1.807, 2.05) is 24.7 Å². The van der Waals surface area contributed by atoms with Crippen molar-refractivity contribution >= 4 is 26.8 Å². The van der Waals surface area contributed by atoms with E-state index in [9.17, 15) is 8.42 Å². The Kier molecular flexibility index (Phi) is 4.01. The van der Waals surface area contributed by atoms with Crippen LogP contribution >= 0.6 is 0 Å². The molecule has 0 aliphatic heterocycles. The molecule has 0 bridgehead atoms. The lowest BCUT2D eigenvalue weighted by atomic mass is 10.3. The zero-order valence-corrected chi connectivity index (χ0v) is 12.8. The van der Waals surface area contributed by atoms with Crippen LogP contribution in [0.1, 0.15) is 6.42 Å². The highest BCUT2D eigenvalue weighted by Crippen LogP contribution is 2.25. The molecule has 0 atom stereocenters. The molecule has 0 radical (unpaired) electrons. The van der Waals surface area contributed by atoms with Crippen LogP contribution in [0.2, 0.25) is 0 Å². The van der Waals surface area contributed by atoms with Crippen molar-refractivity contribution in [3.63, 3.8) is 0 Å². The molecule has 0 spiro atoms. The number of nitrogens with two attached hydrogens (primary N) is 1. The summed E-state index contributed by atoms with van der Waals surface area (Å²) in [6.07, 6.45) is 2.11. The second-order valence-electron chi connectivity index (χ2n) is 5.17. The number of hydrogen-bond acceptors (Lipinski definition) is 5. The minimum absolute atomic E-state index is 0.230. The normalized spacial score (nSPS) is 12.4. The maximum Gasteiger partial charge on any atom is 0.201 e. The van der Waals surface area contributed by atoms with Crippen LogP contribution in [0.3, 0.4) is 0 Å². The van der Waals surface area contributed by atoms with Gasteiger partial charge in [0.2, 0.25) is 5.95 Å². The fourth-order valence-electron chi connectivity index (χ4n) is 2.22. The van der Waals surface area contributed by atoms with Crippen LogP contribution in [0.25, 0.3) is 11.0 Å². The molecular weight excluding hydrogens is 276 g/mol. The molecule has 7 heteroatoms. The highest BCUT2D eigenvalue weighted by Gasteiger charge is 2.17. The zero-order chi connectivity index (χ0) is 14.9. The lowest BCUT2D eigenvalue weighted by molar-refractivity contribution is 0.388. The van der Waals surface area contributed by atoms with Gasteiger partial charge in [0, 0.05) is 12.8 Å². The van der Waals surface area contributed by atoms with Gasteiger partial charge in [-0.2, -0.15) is 0 Å². The first kappa shape index (κ1) is 14.8. The van der Waals surface area contributed by atoms with Crippen molar-refractivity contribution in [3.05, 3.63) is 18.2 Å². The third kappa shape index (κ3) is 2.94. The van der Waals surface area contributed by atoms with E-state index >= 15 is 0 Å². The quantitative estimate of drug-likeness (QED) is 0.889. The van der Waals surface area contributed by atoms with Gasteiger partial charge in [-0.1, -0.05) is 6.07 Å². The van der Waals surface area contributed by atoms with Crippen LogP contribution in [0, 0.1) is 0 Å². The van der Waals surface area contributed by atoms with Gasteiger partial charge in [0.25, 0.3) is 0 Å². The van der Waals surface area contributed by atoms with Crippen LogP contribution in [0.15, 0.2) is 23.1 Å². The molecule has 0 aliphatic rings. The average molecular weight is 296 g/mol. The number of anilines is 1. The van der Waals surface area contributed by atoms with Crippen molar-refractivity contribution in [3.8, 4) is 0 Å². The molecule has 110 valence electrons. The molecule has 1 heterocycles. The molecule has 0 unspecified atom stereocenters. The summed E-state index contributed by atoms with van der Waals surface area (Å²) in [5, 5.41) is 0. The van der Waals surface area contributed by atoms with Crippen molar-refractivity contribution in [2.75, 3.05) is 32.6 Å². The Labute approximate surface area is 119 Å². The summed E-state index contributed by atoms with van der Waals surface area (Å²) in [7, 11) is 0.716. The summed E-state index contributed by atoms with van der Waals surface area (Å²) in [5.74, 6) is 0.356. The third-order valence-corrected chi connectivity index (χ3v) is 4.29. The van der Waals surface area contributed by atoms with Crippen LogP contribution in [0.5, 0.6) is 0 Å². The SMILES string of the molecule is CN(C)CCCn1c(N)nc2c(S(C)(=O)=O)cccc21. The number of nitrogens with zero attached hydrogens (tertiary/aromatic N) is 3. The number of fused-ring (bicyclic) bond motifs is 1. The highest BCUT2D eigenvalue weighted by molar-refractivity contribution is 7.91. The van der Waals surface area contributed by atoms with Gasteiger partial charge in [0.15, 0.2) is 9.84 Å². The standard InChI is InChI=1S/C13H20N4O2S/c1-16(2)8-5-9-17-10-6-4-7-11(20(3,18)19)12(10)15-13(17)14/h4,6-7H,5,8-9H2,1-3H3,(H2,14,15). The topological polar surface area (TPSA) is 81.2 Å². The molecule has 6 nitrogen and oxygen atoms in total. The second-order valence-corrected chi connectivity index (χ2v) is 7.16. The Morgan fingerprint density at radius 1 is 1.35 bits per heavy atom. The molecule has 1 aromatic heterocycles. The Morgan fingerprint density at radius 2 is 2.05 bits per heavy atom. The van der Waals surface area contributed by atoms with Gasteiger partial charge in [0.05, 0.1) is 10.4 Å². The molecule has 0 fully saturated rings. The molecule has 2 N–H and O–H groups in total. The maximum absolute atomic E-state index is 11.8. The van der Waals surface area contributed by atoms with E-state index in [1.165, 1.54) is 6.26 Å². The molecule has 1 aromatic carbocycles. The van der Waals surface area contributed by atoms with E-state index in [0.717, 1.165) is 18.5 Å². The predicted molar refractivity (Wildman–Crippen MR) is 80.4 cm³/mol. The summed E-state index contributed by atoms with van der Waals surface area (Å²) in [6, 6.07) is 5.14. The number of nitrogen functional groups attached to an aromatic ring is 1. The molecule has 0 aliphatic carbocycles. The van der Waals surface area contributed by atoms with Crippen molar-refractivity contribution in [1.82, 2.24) is 14.5 Å². The number of benzene rings is 1. The molecule has 2 aromatic rings. The molecule has 0 saturated carbocycles. The van der Waals surface area contributed by atoms with Gasteiger partial charge in [-0.05, 0) is 39.2 Å². The lowest BCUT2D eigenvalue weighted by Crippen LogP contribution is -2.15. The van der Waals surface area contributed by atoms with E-state index in [0.29, 0.717) is 18.0 Å². The van der Waals surface area contributed by atoms with Crippen molar-refractivity contribution in [2.24, 2.45) is 0 Å². The Balaban J connectivity index is 2.45.